The van der Waals surface area contributed by atoms with Crippen molar-refractivity contribution >= 4 is 34.0 Å². The molecular weight excluding hydrogens is 520 g/mol. The third-order valence-corrected chi connectivity index (χ3v) is 9.47. The quantitative estimate of drug-likeness (QED) is 0.357. The topological polar surface area (TPSA) is 84.5 Å². The number of ketones is 1. The van der Waals surface area contributed by atoms with E-state index in [-0.39, 0.29) is 17.6 Å². The number of Topliss-reactive ketones (excluding diaryl/α,β-unsaturated/α-hetero) is 1. The van der Waals surface area contributed by atoms with Gasteiger partial charge in [0.05, 0.1) is 12.7 Å². The molecule has 1 aromatic heterocycles. The second-order valence-electron chi connectivity index (χ2n) is 10.7. The lowest BCUT2D eigenvalue weighted by Gasteiger charge is -2.37. The first-order valence-electron chi connectivity index (χ1n) is 13.8. The Kier molecular flexibility index (Phi) is 7.15. The van der Waals surface area contributed by atoms with Gasteiger partial charge in [-0.25, -0.2) is 4.79 Å². The van der Waals surface area contributed by atoms with E-state index < -0.39 is 11.9 Å². The second kappa shape index (κ2) is 10.9. The first-order chi connectivity index (χ1) is 19.5. The van der Waals surface area contributed by atoms with Crippen molar-refractivity contribution in [1.82, 2.24) is 5.32 Å². The summed E-state index contributed by atoms with van der Waals surface area (Å²) in [5.74, 6) is -1.11. The minimum atomic E-state index is -0.502. The molecule has 2 aliphatic carbocycles. The molecule has 2 atom stereocenters. The number of anilines is 1. The van der Waals surface area contributed by atoms with E-state index in [1.54, 1.807) is 0 Å². The molecule has 2 aromatic carbocycles. The molecule has 40 heavy (non-hydrogen) atoms. The molecule has 7 heteroatoms. The number of methoxy groups -OCH3 is 1. The lowest BCUT2D eigenvalue weighted by atomic mass is 9.71. The van der Waals surface area contributed by atoms with Gasteiger partial charge in [-0.1, -0.05) is 60.7 Å². The lowest BCUT2D eigenvalue weighted by molar-refractivity contribution is -0.116. The number of nitrogens with one attached hydrogen (secondary N) is 2. The Hall–Kier alpha value is -3.97. The van der Waals surface area contributed by atoms with Crippen LogP contribution in [0.5, 0.6) is 0 Å². The van der Waals surface area contributed by atoms with Gasteiger partial charge in [0.25, 0.3) is 5.91 Å². The summed E-state index contributed by atoms with van der Waals surface area (Å²) in [4.78, 5) is 41.9. The fraction of sp³-hybridized carbons (Fsp3) is 0.303. The molecule has 204 valence electrons. The van der Waals surface area contributed by atoms with Crippen molar-refractivity contribution < 1.29 is 19.1 Å². The van der Waals surface area contributed by atoms with Gasteiger partial charge in [-0.3, -0.25) is 9.59 Å². The molecule has 2 unspecified atom stereocenters. The van der Waals surface area contributed by atoms with E-state index in [1.165, 1.54) is 18.4 Å². The summed E-state index contributed by atoms with van der Waals surface area (Å²) < 4.78 is 5.11. The van der Waals surface area contributed by atoms with Crippen molar-refractivity contribution in [2.24, 2.45) is 0 Å². The summed E-state index contributed by atoms with van der Waals surface area (Å²) in [5, 5.41) is 7.05. The number of allylic oxidation sites excluding steroid dienone is 3. The second-order valence-corrected chi connectivity index (χ2v) is 11.8. The predicted molar refractivity (Wildman–Crippen MR) is 156 cm³/mol. The zero-order chi connectivity index (χ0) is 27.8. The van der Waals surface area contributed by atoms with Crippen LogP contribution in [0.25, 0.3) is 0 Å². The van der Waals surface area contributed by atoms with Gasteiger partial charge >= 0.3 is 5.97 Å². The minimum Gasteiger partial charge on any atom is -0.465 e. The van der Waals surface area contributed by atoms with E-state index in [9.17, 15) is 14.4 Å². The maximum atomic E-state index is 14.1. The molecule has 2 N–H and O–H groups in total. The van der Waals surface area contributed by atoms with Gasteiger partial charge < -0.3 is 15.4 Å². The van der Waals surface area contributed by atoms with Crippen LogP contribution in [0.1, 0.15) is 76.4 Å². The van der Waals surface area contributed by atoms with Crippen molar-refractivity contribution in [3.05, 3.63) is 110 Å². The highest BCUT2D eigenvalue weighted by molar-refractivity contribution is 7.17. The SMILES string of the molecule is COC(=O)c1c(NC(=O)C2=C(C)NC3=C(C(=O)CC(c4ccccc4)C3)C2c2ccccc2)sc2c1CCCC2. The largest absolute Gasteiger partial charge is 0.465 e. The number of amides is 1. The molecule has 6 nitrogen and oxygen atoms in total. The fourth-order valence-electron chi connectivity index (χ4n) is 6.42. The molecule has 3 aliphatic rings. The molecule has 3 aromatic rings. The van der Waals surface area contributed by atoms with Crippen molar-refractivity contribution in [3.8, 4) is 0 Å². The molecule has 0 bridgehead atoms. The lowest BCUT2D eigenvalue weighted by Crippen LogP contribution is -2.37. The molecule has 0 spiro atoms. The Labute approximate surface area is 238 Å². The average molecular weight is 553 g/mol. The van der Waals surface area contributed by atoms with E-state index in [4.69, 9.17) is 4.74 Å². The Bertz CT molecular complexity index is 1550. The maximum Gasteiger partial charge on any atom is 0.341 e. The van der Waals surface area contributed by atoms with Crippen LogP contribution in [0, 0.1) is 0 Å². The summed E-state index contributed by atoms with van der Waals surface area (Å²) in [6, 6.07) is 19.9. The third kappa shape index (κ3) is 4.68. The summed E-state index contributed by atoms with van der Waals surface area (Å²) in [5.41, 5.74) is 6.25. The summed E-state index contributed by atoms with van der Waals surface area (Å²) in [6.07, 6.45) is 4.86. The number of ether oxygens (including phenoxy) is 1. The maximum absolute atomic E-state index is 14.1. The van der Waals surface area contributed by atoms with Crippen LogP contribution in [0.3, 0.4) is 0 Å². The summed E-state index contributed by atoms with van der Waals surface area (Å²) in [7, 11) is 1.37. The van der Waals surface area contributed by atoms with E-state index in [2.05, 4.69) is 22.8 Å². The molecule has 0 saturated carbocycles. The first-order valence-corrected chi connectivity index (χ1v) is 14.7. The normalized spacial score (nSPS) is 20.4. The molecule has 6 rings (SSSR count). The number of aryl methyl sites for hydroxylation is 1. The Morgan fingerprint density at radius 2 is 1.62 bits per heavy atom. The van der Waals surface area contributed by atoms with Gasteiger partial charge in [0.15, 0.2) is 5.78 Å². The number of fused-ring (bicyclic) bond motifs is 1. The number of rotatable bonds is 5. The number of thiophene rings is 1. The number of carbonyl (C=O) groups is 3. The van der Waals surface area contributed by atoms with Crippen LogP contribution >= 0.6 is 11.3 Å². The molecule has 2 heterocycles. The van der Waals surface area contributed by atoms with Gasteiger partial charge in [0.2, 0.25) is 0 Å². The zero-order valence-corrected chi connectivity index (χ0v) is 23.5. The van der Waals surface area contributed by atoms with Crippen LogP contribution in [-0.4, -0.2) is 24.8 Å². The minimum absolute atomic E-state index is 0.0519. The molecule has 0 radical (unpaired) electrons. The molecular formula is C33H32N2O4S. The van der Waals surface area contributed by atoms with Crippen LogP contribution in [0.2, 0.25) is 0 Å². The van der Waals surface area contributed by atoms with E-state index in [0.29, 0.717) is 40.2 Å². The Morgan fingerprint density at radius 1 is 0.950 bits per heavy atom. The highest BCUT2D eigenvalue weighted by Crippen LogP contribution is 2.46. The number of hydrogen-bond donors (Lipinski definition) is 2. The predicted octanol–water partition coefficient (Wildman–Crippen LogP) is 6.41. The van der Waals surface area contributed by atoms with Crippen molar-refractivity contribution in [3.63, 3.8) is 0 Å². The van der Waals surface area contributed by atoms with Gasteiger partial charge in [-0.2, -0.15) is 0 Å². The van der Waals surface area contributed by atoms with E-state index in [0.717, 1.165) is 52.9 Å². The highest BCUT2D eigenvalue weighted by Gasteiger charge is 2.41. The summed E-state index contributed by atoms with van der Waals surface area (Å²) in [6.45, 7) is 1.89. The first kappa shape index (κ1) is 26.3. The van der Waals surface area contributed by atoms with Crippen LogP contribution < -0.4 is 10.6 Å². The van der Waals surface area contributed by atoms with Gasteiger partial charge in [-0.15, -0.1) is 11.3 Å². The van der Waals surface area contributed by atoms with Gasteiger partial charge in [-0.05, 0) is 61.6 Å². The Morgan fingerprint density at radius 3 is 2.33 bits per heavy atom. The van der Waals surface area contributed by atoms with Crippen molar-refractivity contribution in [1.29, 1.82) is 0 Å². The molecule has 0 saturated heterocycles. The summed E-state index contributed by atoms with van der Waals surface area (Å²) >= 11 is 1.46. The van der Waals surface area contributed by atoms with Crippen LogP contribution in [-0.2, 0) is 27.2 Å². The zero-order valence-electron chi connectivity index (χ0n) is 22.7. The van der Waals surface area contributed by atoms with Crippen LogP contribution in [0.15, 0.2) is 83.2 Å². The third-order valence-electron chi connectivity index (χ3n) is 8.26. The van der Waals surface area contributed by atoms with Gasteiger partial charge in [0.1, 0.15) is 5.00 Å². The molecule has 1 aliphatic heterocycles. The van der Waals surface area contributed by atoms with Crippen molar-refractivity contribution in [2.75, 3.05) is 12.4 Å². The number of hydrogen-bond acceptors (Lipinski definition) is 6. The smallest absolute Gasteiger partial charge is 0.341 e. The number of benzene rings is 2. The average Bonchev–Trinajstić information content (AvgIpc) is 3.34. The van der Waals surface area contributed by atoms with Gasteiger partial charge in [0, 0.05) is 39.8 Å². The van der Waals surface area contributed by atoms with E-state index in [1.807, 2.05) is 55.5 Å². The fourth-order valence-corrected chi connectivity index (χ4v) is 7.69. The van der Waals surface area contributed by atoms with E-state index >= 15 is 0 Å². The molecule has 1 amide bonds. The monoisotopic (exact) mass is 552 g/mol. The molecule has 0 fully saturated rings. The number of dihydropyridines is 1. The highest BCUT2D eigenvalue weighted by atomic mass is 32.1. The van der Waals surface area contributed by atoms with Crippen LogP contribution in [0.4, 0.5) is 5.00 Å². The standard InChI is InChI=1S/C33H32N2O4S/c1-19-27(31(37)35-32-29(33(38)39-2)23-15-9-10-16-26(23)40-32)28(21-13-7-4-8-14-21)30-24(34-19)17-22(18-25(30)36)20-11-5-3-6-12-20/h3-8,11-14,22,28,34H,9-10,15-18H2,1-2H3,(H,35,37). The Balaban J connectivity index is 1.39. The van der Waals surface area contributed by atoms with Crippen molar-refractivity contribution in [2.45, 2.75) is 57.3 Å². The number of carbonyl (C=O) groups excluding carboxylic acids is 3. The number of esters is 1.